The van der Waals surface area contributed by atoms with Gasteiger partial charge < -0.3 is 10.2 Å². The van der Waals surface area contributed by atoms with E-state index in [4.69, 9.17) is 0 Å². The summed E-state index contributed by atoms with van der Waals surface area (Å²) in [5.41, 5.74) is 4.11. The largest absolute Gasteiger partial charge is 0.352 e. The molecule has 2 amide bonds. The first-order valence-electron chi connectivity index (χ1n) is 14.4. The molecular formula is C33H40BrN3O4S. The van der Waals surface area contributed by atoms with E-state index in [0.717, 1.165) is 69.4 Å². The van der Waals surface area contributed by atoms with Gasteiger partial charge in [-0.05, 0) is 61.6 Å². The van der Waals surface area contributed by atoms with Gasteiger partial charge in [0.05, 0.1) is 11.9 Å². The first-order chi connectivity index (χ1) is 20.0. The Bertz CT molecular complexity index is 1470. The van der Waals surface area contributed by atoms with Gasteiger partial charge >= 0.3 is 0 Å². The molecule has 9 heteroatoms. The molecule has 0 spiro atoms. The number of sulfonamides is 1. The van der Waals surface area contributed by atoms with Crippen LogP contribution in [0.3, 0.4) is 0 Å². The molecule has 1 aliphatic rings. The van der Waals surface area contributed by atoms with E-state index >= 15 is 0 Å². The molecule has 1 atom stereocenters. The smallest absolute Gasteiger partial charge is 0.244 e. The normalized spacial score (nSPS) is 14.7. The van der Waals surface area contributed by atoms with Gasteiger partial charge in [-0.2, -0.15) is 0 Å². The first-order valence-corrected chi connectivity index (χ1v) is 17.1. The van der Waals surface area contributed by atoms with E-state index < -0.39 is 28.5 Å². The number of amides is 2. The standard InChI is InChI=1S/C33H40BrN3O4S/c1-24-14-16-27(17-15-24)22-36(32(38)23-37(42(3,40)41)29-18-19-30(34)25(2)20-29)31(21-26-10-6-4-7-11-26)33(39)35-28-12-8-5-9-13-28/h4,6-7,10-11,14-20,28,31H,5,8-9,12-13,21-23H2,1-3H3,(H,35,39)/t31-/m0/s1. The number of halogens is 1. The van der Waals surface area contributed by atoms with Gasteiger partial charge in [0.1, 0.15) is 12.6 Å². The Morgan fingerprint density at radius 2 is 1.60 bits per heavy atom. The number of rotatable bonds is 11. The third kappa shape index (κ3) is 8.67. The number of anilines is 1. The second kappa shape index (κ2) is 14.3. The Morgan fingerprint density at radius 1 is 0.929 bits per heavy atom. The highest BCUT2D eigenvalue weighted by Gasteiger charge is 2.34. The van der Waals surface area contributed by atoms with Crippen molar-refractivity contribution in [1.29, 1.82) is 0 Å². The van der Waals surface area contributed by atoms with Crippen molar-refractivity contribution in [2.45, 2.75) is 71.0 Å². The molecule has 0 bridgehead atoms. The quantitative estimate of drug-likeness (QED) is 0.278. The molecule has 4 rings (SSSR count). The van der Waals surface area contributed by atoms with Crippen LogP contribution < -0.4 is 9.62 Å². The Kier molecular flexibility index (Phi) is 10.8. The second-order valence-corrected chi connectivity index (χ2v) is 14.0. The minimum Gasteiger partial charge on any atom is -0.352 e. The van der Waals surface area contributed by atoms with Crippen LogP contribution in [0.15, 0.2) is 77.3 Å². The van der Waals surface area contributed by atoms with Gasteiger partial charge in [0, 0.05) is 23.5 Å². The summed E-state index contributed by atoms with van der Waals surface area (Å²) in [6.45, 7) is 3.61. The molecule has 0 heterocycles. The maximum Gasteiger partial charge on any atom is 0.244 e. The highest BCUT2D eigenvalue weighted by Crippen LogP contribution is 2.26. The van der Waals surface area contributed by atoms with Crippen molar-refractivity contribution in [3.8, 4) is 0 Å². The summed E-state index contributed by atoms with van der Waals surface area (Å²) in [4.78, 5) is 29.8. The Morgan fingerprint density at radius 3 is 2.21 bits per heavy atom. The summed E-state index contributed by atoms with van der Waals surface area (Å²) in [6.07, 6.45) is 6.54. The Hall–Kier alpha value is -3.17. The van der Waals surface area contributed by atoms with E-state index in [0.29, 0.717) is 12.1 Å². The topological polar surface area (TPSA) is 86.8 Å². The van der Waals surface area contributed by atoms with Crippen molar-refractivity contribution >= 4 is 43.5 Å². The van der Waals surface area contributed by atoms with E-state index in [1.54, 1.807) is 23.1 Å². The van der Waals surface area contributed by atoms with Crippen LogP contribution >= 0.6 is 15.9 Å². The van der Waals surface area contributed by atoms with Gasteiger partial charge in [-0.3, -0.25) is 13.9 Å². The van der Waals surface area contributed by atoms with Gasteiger partial charge in [-0.25, -0.2) is 8.42 Å². The molecular weight excluding hydrogens is 614 g/mol. The highest BCUT2D eigenvalue weighted by atomic mass is 79.9. The molecule has 3 aromatic rings. The lowest BCUT2D eigenvalue weighted by atomic mass is 9.94. The van der Waals surface area contributed by atoms with Crippen LogP contribution in [0.25, 0.3) is 0 Å². The SMILES string of the molecule is Cc1ccc(CN(C(=O)CN(c2ccc(Br)c(C)c2)S(C)(=O)=O)[C@@H](Cc2ccccc2)C(=O)NC2CCCCC2)cc1. The van der Waals surface area contributed by atoms with Gasteiger partial charge in [-0.1, -0.05) is 95.4 Å². The van der Waals surface area contributed by atoms with Gasteiger partial charge in [0.2, 0.25) is 21.8 Å². The maximum atomic E-state index is 14.3. The third-order valence-corrected chi connectivity index (χ3v) is 9.84. The highest BCUT2D eigenvalue weighted by molar-refractivity contribution is 9.10. The zero-order valence-corrected chi connectivity index (χ0v) is 27.0. The lowest BCUT2D eigenvalue weighted by Crippen LogP contribution is -2.55. The molecule has 1 saturated carbocycles. The van der Waals surface area contributed by atoms with Crippen LogP contribution in [0.5, 0.6) is 0 Å². The van der Waals surface area contributed by atoms with Crippen molar-refractivity contribution in [3.63, 3.8) is 0 Å². The van der Waals surface area contributed by atoms with Crippen molar-refractivity contribution in [3.05, 3.63) is 99.5 Å². The zero-order chi connectivity index (χ0) is 30.3. The van der Waals surface area contributed by atoms with Crippen LogP contribution in [0.1, 0.15) is 54.4 Å². The number of carbonyl (C=O) groups excluding carboxylic acids is 2. The molecule has 7 nitrogen and oxygen atoms in total. The number of nitrogens with zero attached hydrogens (tertiary/aromatic N) is 2. The molecule has 1 N–H and O–H groups in total. The summed E-state index contributed by atoms with van der Waals surface area (Å²) in [7, 11) is -3.81. The summed E-state index contributed by atoms with van der Waals surface area (Å²) < 4.78 is 28.0. The number of hydrogen-bond acceptors (Lipinski definition) is 4. The first kappa shape index (κ1) is 31.8. The average molecular weight is 655 g/mol. The van der Waals surface area contributed by atoms with Crippen LogP contribution in [-0.2, 0) is 32.6 Å². The van der Waals surface area contributed by atoms with Gasteiger partial charge in [-0.15, -0.1) is 0 Å². The van der Waals surface area contributed by atoms with Crippen molar-refractivity contribution in [2.75, 3.05) is 17.1 Å². The number of hydrogen-bond donors (Lipinski definition) is 1. The second-order valence-electron chi connectivity index (χ2n) is 11.3. The van der Waals surface area contributed by atoms with Gasteiger partial charge in [0.15, 0.2) is 0 Å². The summed E-state index contributed by atoms with van der Waals surface area (Å²) in [5.74, 6) is -0.655. The zero-order valence-electron chi connectivity index (χ0n) is 24.6. The predicted octanol–water partition coefficient (Wildman–Crippen LogP) is 5.92. The number of carbonyl (C=O) groups is 2. The fourth-order valence-corrected chi connectivity index (χ4v) is 6.47. The molecule has 42 heavy (non-hydrogen) atoms. The van der Waals surface area contributed by atoms with E-state index in [9.17, 15) is 18.0 Å². The van der Waals surface area contributed by atoms with Crippen LogP contribution in [0.4, 0.5) is 5.69 Å². The molecule has 0 aromatic heterocycles. The van der Waals surface area contributed by atoms with E-state index in [1.165, 1.54) is 0 Å². The number of benzene rings is 3. The molecule has 1 aliphatic carbocycles. The number of aryl methyl sites for hydroxylation is 2. The van der Waals surface area contributed by atoms with Crippen molar-refractivity contribution < 1.29 is 18.0 Å². The van der Waals surface area contributed by atoms with Crippen molar-refractivity contribution in [1.82, 2.24) is 10.2 Å². The van der Waals surface area contributed by atoms with E-state index in [1.807, 2.05) is 68.4 Å². The fraction of sp³-hybridized carbons (Fsp3) is 0.394. The molecule has 0 aliphatic heterocycles. The molecule has 1 fully saturated rings. The lowest BCUT2D eigenvalue weighted by Gasteiger charge is -2.35. The number of nitrogens with one attached hydrogen (secondary N) is 1. The molecule has 0 saturated heterocycles. The van der Waals surface area contributed by atoms with Gasteiger partial charge in [0.25, 0.3) is 0 Å². The minimum absolute atomic E-state index is 0.0686. The maximum absolute atomic E-state index is 14.3. The van der Waals surface area contributed by atoms with Crippen LogP contribution in [-0.4, -0.2) is 50.0 Å². The summed E-state index contributed by atoms with van der Waals surface area (Å²) in [6, 6.07) is 21.9. The van der Waals surface area contributed by atoms with Crippen LogP contribution in [0.2, 0.25) is 0 Å². The molecule has 224 valence electrons. The monoisotopic (exact) mass is 653 g/mol. The minimum atomic E-state index is -3.81. The fourth-order valence-electron chi connectivity index (χ4n) is 5.39. The summed E-state index contributed by atoms with van der Waals surface area (Å²) >= 11 is 3.46. The molecule has 3 aromatic carbocycles. The Balaban J connectivity index is 1.72. The summed E-state index contributed by atoms with van der Waals surface area (Å²) in [5, 5.41) is 3.23. The molecule has 0 radical (unpaired) electrons. The van der Waals surface area contributed by atoms with Crippen molar-refractivity contribution in [2.24, 2.45) is 0 Å². The van der Waals surface area contributed by atoms with E-state index in [-0.39, 0.29) is 18.5 Å². The molecule has 0 unspecified atom stereocenters. The lowest BCUT2D eigenvalue weighted by molar-refractivity contribution is -0.140. The average Bonchev–Trinajstić information content (AvgIpc) is 2.96. The van der Waals surface area contributed by atoms with E-state index in [2.05, 4.69) is 21.2 Å². The predicted molar refractivity (Wildman–Crippen MR) is 172 cm³/mol. The van der Waals surface area contributed by atoms with Crippen LogP contribution in [0, 0.1) is 13.8 Å². The third-order valence-electron chi connectivity index (χ3n) is 7.80. The Labute approximate surface area is 258 Å².